The Labute approximate surface area is 124 Å². The Morgan fingerprint density at radius 1 is 1.24 bits per heavy atom. The van der Waals surface area contributed by atoms with Gasteiger partial charge in [0.15, 0.2) is 0 Å². The van der Waals surface area contributed by atoms with Crippen molar-refractivity contribution in [1.82, 2.24) is 0 Å². The highest BCUT2D eigenvalue weighted by atomic mass is 16.5. The van der Waals surface area contributed by atoms with Crippen LogP contribution in [0.3, 0.4) is 0 Å². The fraction of sp³-hybridized carbons (Fsp3) is 0.235. The molecule has 0 bridgehead atoms. The molecule has 0 fully saturated rings. The Morgan fingerprint density at radius 2 is 1.95 bits per heavy atom. The predicted octanol–water partition coefficient (Wildman–Crippen LogP) is 3.03. The molecule has 0 aliphatic rings. The molecule has 2 rings (SSSR count). The number of aryl methyl sites for hydroxylation is 1. The van der Waals surface area contributed by atoms with Crippen LogP contribution in [0, 0.1) is 6.92 Å². The number of carbonyl (C=O) groups is 1. The van der Waals surface area contributed by atoms with E-state index in [1.807, 2.05) is 56.3 Å². The lowest BCUT2D eigenvalue weighted by molar-refractivity contribution is -0.117. The number of hydrogen-bond donors (Lipinski definition) is 2. The van der Waals surface area contributed by atoms with Gasteiger partial charge in [-0.15, -0.1) is 0 Å². The van der Waals surface area contributed by atoms with Crippen molar-refractivity contribution in [2.75, 3.05) is 11.9 Å². The quantitative estimate of drug-likeness (QED) is 0.887. The summed E-state index contributed by atoms with van der Waals surface area (Å²) < 4.78 is 5.40. The van der Waals surface area contributed by atoms with Gasteiger partial charge < -0.3 is 15.8 Å². The van der Waals surface area contributed by atoms with E-state index < -0.39 is 6.04 Å². The highest BCUT2D eigenvalue weighted by Gasteiger charge is 2.15. The van der Waals surface area contributed by atoms with E-state index in [1.54, 1.807) is 6.07 Å². The molecule has 1 unspecified atom stereocenters. The molecule has 0 heterocycles. The van der Waals surface area contributed by atoms with Gasteiger partial charge in [-0.05, 0) is 31.5 Å². The standard InChI is InChI=1S/C17H20N2O2/c1-3-21-15-6-4-5-14(11-15)19-17(20)16(18)13-9-7-12(2)8-10-13/h4-11,16H,3,18H2,1-2H3,(H,19,20). The first-order valence-corrected chi connectivity index (χ1v) is 6.96. The van der Waals surface area contributed by atoms with E-state index in [2.05, 4.69) is 5.32 Å². The minimum Gasteiger partial charge on any atom is -0.494 e. The summed E-state index contributed by atoms with van der Waals surface area (Å²) in [6.45, 7) is 4.49. The molecule has 1 atom stereocenters. The molecule has 21 heavy (non-hydrogen) atoms. The maximum atomic E-state index is 12.2. The summed E-state index contributed by atoms with van der Waals surface area (Å²) >= 11 is 0. The number of nitrogens with two attached hydrogens (primary N) is 1. The maximum absolute atomic E-state index is 12.2. The van der Waals surface area contributed by atoms with Gasteiger partial charge in [-0.1, -0.05) is 35.9 Å². The van der Waals surface area contributed by atoms with Crippen molar-refractivity contribution in [3.63, 3.8) is 0 Å². The number of ether oxygens (including phenoxy) is 1. The van der Waals surface area contributed by atoms with Crippen molar-refractivity contribution in [3.8, 4) is 5.75 Å². The largest absolute Gasteiger partial charge is 0.494 e. The van der Waals surface area contributed by atoms with Crippen molar-refractivity contribution < 1.29 is 9.53 Å². The van der Waals surface area contributed by atoms with Crippen LogP contribution in [0.1, 0.15) is 24.1 Å². The van der Waals surface area contributed by atoms with Gasteiger partial charge in [0.2, 0.25) is 5.91 Å². The van der Waals surface area contributed by atoms with Crippen LogP contribution in [0.15, 0.2) is 48.5 Å². The van der Waals surface area contributed by atoms with E-state index in [1.165, 1.54) is 0 Å². The van der Waals surface area contributed by atoms with Gasteiger partial charge in [0.05, 0.1) is 6.61 Å². The molecule has 0 spiro atoms. The molecular weight excluding hydrogens is 264 g/mol. The maximum Gasteiger partial charge on any atom is 0.245 e. The van der Waals surface area contributed by atoms with Gasteiger partial charge >= 0.3 is 0 Å². The van der Waals surface area contributed by atoms with Crippen LogP contribution in [0.25, 0.3) is 0 Å². The number of benzene rings is 2. The smallest absolute Gasteiger partial charge is 0.245 e. The number of nitrogens with one attached hydrogen (secondary N) is 1. The topological polar surface area (TPSA) is 64.3 Å². The highest BCUT2D eigenvalue weighted by molar-refractivity contribution is 5.95. The third-order valence-electron chi connectivity index (χ3n) is 3.13. The third kappa shape index (κ3) is 4.07. The van der Waals surface area contributed by atoms with Crippen LogP contribution >= 0.6 is 0 Å². The van der Waals surface area contributed by atoms with Crippen molar-refractivity contribution in [1.29, 1.82) is 0 Å². The average Bonchev–Trinajstić information content (AvgIpc) is 2.48. The lowest BCUT2D eigenvalue weighted by Crippen LogP contribution is -2.27. The highest BCUT2D eigenvalue weighted by Crippen LogP contribution is 2.19. The zero-order valence-corrected chi connectivity index (χ0v) is 12.3. The van der Waals surface area contributed by atoms with Gasteiger partial charge in [0, 0.05) is 11.8 Å². The molecule has 0 aliphatic heterocycles. The van der Waals surface area contributed by atoms with Crippen LogP contribution in [0.4, 0.5) is 5.69 Å². The van der Waals surface area contributed by atoms with E-state index in [0.29, 0.717) is 12.3 Å². The second-order valence-electron chi connectivity index (χ2n) is 4.84. The fourth-order valence-electron chi connectivity index (χ4n) is 1.98. The molecule has 3 N–H and O–H groups in total. The molecular formula is C17H20N2O2. The Kier molecular flexibility index (Phi) is 4.95. The van der Waals surface area contributed by atoms with Crippen LogP contribution in [-0.2, 0) is 4.79 Å². The van der Waals surface area contributed by atoms with E-state index in [-0.39, 0.29) is 5.91 Å². The Bertz CT molecular complexity index is 608. The van der Waals surface area contributed by atoms with Crippen molar-refractivity contribution in [3.05, 3.63) is 59.7 Å². The summed E-state index contributed by atoms with van der Waals surface area (Å²) in [4.78, 5) is 12.2. The first-order chi connectivity index (χ1) is 10.1. The SMILES string of the molecule is CCOc1cccc(NC(=O)C(N)c2ccc(C)cc2)c1. The van der Waals surface area contributed by atoms with E-state index in [0.717, 1.165) is 16.9 Å². The van der Waals surface area contributed by atoms with Crippen molar-refractivity contribution in [2.45, 2.75) is 19.9 Å². The Hall–Kier alpha value is -2.33. The van der Waals surface area contributed by atoms with E-state index in [9.17, 15) is 4.79 Å². The molecule has 1 amide bonds. The molecule has 4 nitrogen and oxygen atoms in total. The number of rotatable bonds is 5. The van der Waals surface area contributed by atoms with Gasteiger partial charge in [-0.3, -0.25) is 4.79 Å². The first-order valence-electron chi connectivity index (χ1n) is 6.96. The number of hydrogen-bond acceptors (Lipinski definition) is 3. The predicted molar refractivity (Wildman–Crippen MR) is 84.3 cm³/mol. The monoisotopic (exact) mass is 284 g/mol. The van der Waals surface area contributed by atoms with Gasteiger partial charge in [-0.25, -0.2) is 0 Å². The van der Waals surface area contributed by atoms with Gasteiger partial charge in [0.1, 0.15) is 11.8 Å². The number of amides is 1. The lowest BCUT2D eigenvalue weighted by atomic mass is 10.1. The normalized spacial score (nSPS) is 11.8. The summed E-state index contributed by atoms with van der Waals surface area (Å²) in [6, 6.07) is 14.2. The van der Waals surface area contributed by atoms with Crippen molar-refractivity contribution in [2.24, 2.45) is 5.73 Å². The summed E-state index contributed by atoms with van der Waals surface area (Å²) in [6.07, 6.45) is 0. The molecule has 110 valence electrons. The van der Waals surface area contributed by atoms with Crippen LogP contribution in [0.5, 0.6) is 5.75 Å². The minimum atomic E-state index is -0.693. The van der Waals surface area contributed by atoms with Crippen LogP contribution in [0.2, 0.25) is 0 Å². The zero-order valence-electron chi connectivity index (χ0n) is 12.3. The molecule has 2 aromatic rings. The second-order valence-corrected chi connectivity index (χ2v) is 4.84. The fourth-order valence-corrected chi connectivity index (χ4v) is 1.98. The molecule has 0 aromatic heterocycles. The van der Waals surface area contributed by atoms with Gasteiger partial charge in [-0.2, -0.15) is 0 Å². The summed E-state index contributed by atoms with van der Waals surface area (Å²) in [5, 5.41) is 2.81. The van der Waals surface area contributed by atoms with E-state index >= 15 is 0 Å². The lowest BCUT2D eigenvalue weighted by Gasteiger charge is -2.13. The number of carbonyl (C=O) groups excluding carboxylic acids is 1. The molecule has 0 saturated heterocycles. The Morgan fingerprint density at radius 3 is 2.62 bits per heavy atom. The first kappa shape index (κ1) is 15.1. The molecule has 0 aliphatic carbocycles. The average molecular weight is 284 g/mol. The summed E-state index contributed by atoms with van der Waals surface area (Å²) in [7, 11) is 0. The van der Waals surface area contributed by atoms with Crippen LogP contribution < -0.4 is 15.8 Å². The molecule has 0 saturated carbocycles. The third-order valence-corrected chi connectivity index (χ3v) is 3.13. The van der Waals surface area contributed by atoms with Crippen molar-refractivity contribution >= 4 is 11.6 Å². The van der Waals surface area contributed by atoms with Crippen LogP contribution in [-0.4, -0.2) is 12.5 Å². The molecule has 0 radical (unpaired) electrons. The minimum absolute atomic E-state index is 0.243. The number of anilines is 1. The van der Waals surface area contributed by atoms with E-state index in [4.69, 9.17) is 10.5 Å². The molecule has 4 heteroatoms. The summed E-state index contributed by atoms with van der Waals surface area (Å²) in [5.41, 5.74) is 8.59. The zero-order chi connectivity index (χ0) is 15.2. The molecule has 2 aromatic carbocycles. The second kappa shape index (κ2) is 6.90. The Balaban J connectivity index is 2.06. The summed E-state index contributed by atoms with van der Waals surface area (Å²) in [5.74, 6) is 0.478. The van der Waals surface area contributed by atoms with Gasteiger partial charge in [0.25, 0.3) is 0 Å².